The summed E-state index contributed by atoms with van der Waals surface area (Å²) in [6, 6.07) is 3.91. The number of thiophene rings is 1. The minimum atomic E-state index is 0.0327. The van der Waals surface area contributed by atoms with E-state index in [1.165, 1.54) is 12.8 Å². The molecule has 0 unspecified atom stereocenters. The Morgan fingerprint density at radius 1 is 1.56 bits per heavy atom. The Morgan fingerprint density at radius 3 is 3.12 bits per heavy atom. The highest BCUT2D eigenvalue weighted by atomic mass is 32.1. The summed E-state index contributed by atoms with van der Waals surface area (Å²) in [7, 11) is 0. The van der Waals surface area contributed by atoms with E-state index in [1.54, 1.807) is 17.5 Å². The van der Waals surface area contributed by atoms with E-state index >= 15 is 0 Å². The topological polar surface area (TPSA) is 43.1 Å². The van der Waals surface area contributed by atoms with Gasteiger partial charge < -0.3 is 4.42 Å². The second-order valence-electron chi connectivity index (χ2n) is 4.08. The molecule has 1 aliphatic carbocycles. The molecule has 0 atom stereocenters. The van der Waals surface area contributed by atoms with Crippen molar-refractivity contribution >= 4 is 17.1 Å². The van der Waals surface area contributed by atoms with Crippen molar-refractivity contribution in [3.8, 4) is 10.6 Å². The molecule has 1 saturated carbocycles. The fourth-order valence-electron chi connectivity index (χ4n) is 1.61. The van der Waals surface area contributed by atoms with E-state index in [-0.39, 0.29) is 11.7 Å². The third-order valence-electron chi connectivity index (χ3n) is 2.68. The van der Waals surface area contributed by atoms with Crippen LogP contribution in [0.5, 0.6) is 0 Å². The molecule has 16 heavy (non-hydrogen) atoms. The van der Waals surface area contributed by atoms with Gasteiger partial charge in [-0.25, -0.2) is 4.98 Å². The van der Waals surface area contributed by atoms with E-state index in [0.717, 1.165) is 4.88 Å². The van der Waals surface area contributed by atoms with Crippen LogP contribution in [0.1, 0.15) is 29.9 Å². The fraction of sp³-hybridized carbons (Fsp3) is 0.333. The Bertz CT molecular complexity index is 497. The fourth-order valence-corrected chi connectivity index (χ4v) is 2.28. The number of nitrogens with zero attached hydrogens (tertiary/aromatic N) is 1. The second kappa shape index (κ2) is 3.87. The van der Waals surface area contributed by atoms with E-state index in [1.807, 2.05) is 17.5 Å². The van der Waals surface area contributed by atoms with Gasteiger partial charge in [-0.1, -0.05) is 6.07 Å². The predicted octanol–water partition coefficient (Wildman–Crippen LogP) is 3.39. The highest BCUT2D eigenvalue weighted by molar-refractivity contribution is 7.13. The number of oxazole rings is 1. The third-order valence-corrected chi connectivity index (χ3v) is 3.56. The molecule has 3 nitrogen and oxygen atoms in total. The Balaban J connectivity index is 1.79. The first-order valence-corrected chi connectivity index (χ1v) is 6.24. The number of aromatic nitrogens is 1. The van der Waals surface area contributed by atoms with Crippen molar-refractivity contribution in [3.63, 3.8) is 0 Å². The molecular formula is C12H11NO2S. The summed E-state index contributed by atoms with van der Waals surface area (Å²) in [5.41, 5.74) is 0. The quantitative estimate of drug-likeness (QED) is 0.760. The molecule has 0 spiro atoms. The third kappa shape index (κ3) is 1.93. The maximum Gasteiger partial charge on any atom is 0.263 e. The smallest absolute Gasteiger partial charge is 0.263 e. The summed E-state index contributed by atoms with van der Waals surface area (Å²) in [5, 5.41) is 1.98. The number of hydrogen-bond donors (Lipinski definition) is 0. The van der Waals surface area contributed by atoms with Crippen molar-refractivity contribution in [1.82, 2.24) is 4.98 Å². The van der Waals surface area contributed by atoms with Gasteiger partial charge in [0.15, 0.2) is 5.76 Å². The summed E-state index contributed by atoms with van der Waals surface area (Å²) in [6.07, 6.45) is 4.56. The lowest BCUT2D eigenvalue weighted by atomic mass is 10.2. The van der Waals surface area contributed by atoms with Gasteiger partial charge in [0.05, 0.1) is 11.1 Å². The Kier molecular flexibility index (Phi) is 2.36. The van der Waals surface area contributed by atoms with Crippen molar-refractivity contribution in [2.45, 2.75) is 19.3 Å². The molecule has 2 heterocycles. The predicted molar refractivity (Wildman–Crippen MR) is 61.5 cm³/mol. The zero-order valence-corrected chi connectivity index (χ0v) is 9.50. The van der Waals surface area contributed by atoms with Crippen LogP contribution in [0.25, 0.3) is 10.6 Å². The van der Waals surface area contributed by atoms with Crippen molar-refractivity contribution in [2.75, 3.05) is 0 Å². The van der Waals surface area contributed by atoms with E-state index in [9.17, 15) is 4.79 Å². The van der Waals surface area contributed by atoms with Crippen LogP contribution in [-0.2, 0) is 0 Å². The Morgan fingerprint density at radius 2 is 2.44 bits per heavy atom. The number of rotatable bonds is 4. The lowest BCUT2D eigenvalue weighted by Crippen LogP contribution is -1.99. The molecule has 2 aromatic rings. The van der Waals surface area contributed by atoms with Gasteiger partial charge in [0, 0.05) is 6.42 Å². The molecular weight excluding hydrogens is 222 g/mol. The normalized spacial score (nSPS) is 15.2. The zero-order valence-electron chi connectivity index (χ0n) is 8.68. The van der Waals surface area contributed by atoms with Crippen LogP contribution in [0.3, 0.4) is 0 Å². The van der Waals surface area contributed by atoms with E-state index in [4.69, 9.17) is 4.42 Å². The molecule has 4 heteroatoms. The van der Waals surface area contributed by atoms with Crippen LogP contribution < -0.4 is 0 Å². The van der Waals surface area contributed by atoms with Crippen LogP contribution >= 0.6 is 11.3 Å². The summed E-state index contributed by atoms with van der Waals surface area (Å²) in [4.78, 5) is 16.8. The van der Waals surface area contributed by atoms with Crippen molar-refractivity contribution in [1.29, 1.82) is 0 Å². The minimum absolute atomic E-state index is 0.0327. The molecule has 0 aromatic carbocycles. The first-order chi connectivity index (χ1) is 7.83. The van der Waals surface area contributed by atoms with Gasteiger partial charge in [-0.3, -0.25) is 4.79 Å². The van der Waals surface area contributed by atoms with Crippen LogP contribution in [-0.4, -0.2) is 10.8 Å². The van der Waals surface area contributed by atoms with Gasteiger partial charge in [-0.05, 0) is 30.2 Å². The Labute approximate surface area is 97.1 Å². The molecule has 1 aliphatic rings. The summed E-state index contributed by atoms with van der Waals surface area (Å²) in [6.45, 7) is 0. The second-order valence-corrected chi connectivity index (χ2v) is 5.03. The minimum Gasteiger partial charge on any atom is -0.433 e. The number of hydrogen-bond acceptors (Lipinski definition) is 4. The SMILES string of the molecule is O=C(CC1CC1)c1ncc(-c2cccs2)o1. The molecule has 0 aliphatic heterocycles. The van der Waals surface area contributed by atoms with Gasteiger partial charge in [0.25, 0.3) is 5.89 Å². The molecule has 1 fully saturated rings. The van der Waals surface area contributed by atoms with Gasteiger partial charge in [0.2, 0.25) is 5.78 Å². The number of carbonyl (C=O) groups excluding carboxylic acids is 1. The average Bonchev–Trinajstić information content (AvgIpc) is 2.84. The van der Waals surface area contributed by atoms with Gasteiger partial charge in [-0.15, -0.1) is 11.3 Å². The maximum atomic E-state index is 11.7. The molecule has 0 bridgehead atoms. The van der Waals surface area contributed by atoms with Crippen molar-refractivity contribution in [2.24, 2.45) is 5.92 Å². The van der Waals surface area contributed by atoms with Crippen LogP contribution in [0, 0.1) is 5.92 Å². The summed E-state index contributed by atoms with van der Waals surface area (Å²) < 4.78 is 5.47. The largest absolute Gasteiger partial charge is 0.433 e. The van der Waals surface area contributed by atoms with Crippen molar-refractivity contribution in [3.05, 3.63) is 29.6 Å². The molecule has 0 N–H and O–H groups in total. The lowest BCUT2D eigenvalue weighted by Gasteiger charge is -1.92. The maximum absolute atomic E-state index is 11.7. The van der Waals surface area contributed by atoms with E-state index < -0.39 is 0 Å². The highest BCUT2D eigenvalue weighted by Crippen LogP contribution is 2.34. The lowest BCUT2D eigenvalue weighted by molar-refractivity contribution is 0.0943. The number of ketones is 1. The Hall–Kier alpha value is -1.42. The average molecular weight is 233 g/mol. The number of Topliss-reactive ketones (excluding diaryl/α,β-unsaturated/α-hetero) is 1. The van der Waals surface area contributed by atoms with Gasteiger partial charge in [-0.2, -0.15) is 0 Å². The standard InChI is InChI=1S/C12H11NO2S/c14-9(6-8-3-4-8)12-13-7-10(15-12)11-2-1-5-16-11/h1-2,5,7-8H,3-4,6H2. The first kappa shape index (κ1) is 9.78. The van der Waals surface area contributed by atoms with Gasteiger partial charge in [0.1, 0.15) is 0 Å². The van der Waals surface area contributed by atoms with E-state index in [0.29, 0.717) is 18.1 Å². The molecule has 3 rings (SSSR count). The van der Waals surface area contributed by atoms with Crippen LogP contribution in [0.4, 0.5) is 0 Å². The summed E-state index contributed by atoms with van der Waals surface area (Å²) >= 11 is 1.58. The van der Waals surface area contributed by atoms with E-state index in [2.05, 4.69) is 4.98 Å². The van der Waals surface area contributed by atoms with Gasteiger partial charge >= 0.3 is 0 Å². The molecule has 0 radical (unpaired) electrons. The monoisotopic (exact) mass is 233 g/mol. The molecule has 82 valence electrons. The van der Waals surface area contributed by atoms with Crippen molar-refractivity contribution < 1.29 is 9.21 Å². The summed E-state index contributed by atoms with van der Waals surface area (Å²) in [5.74, 6) is 1.55. The molecule has 2 aromatic heterocycles. The highest BCUT2D eigenvalue weighted by Gasteiger charge is 2.27. The van der Waals surface area contributed by atoms with Crippen LogP contribution in [0.15, 0.2) is 28.1 Å². The first-order valence-electron chi connectivity index (χ1n) is 5.36. The zero-order chi connectivity index (χ0) is 11.0. The molecule has 0 amide bonds. The number of carbonyl (C=O) groups is 1. The molecule has 0 saturated heterocycles. The van der Waals surface area contributed by atoms with Crippen LogP contribution in [0.2, 0.25) is 0 Å².